The first-order valence-corrected chi connectivity index (χ1v) is 11.1. The summed E-state index contributed by atoms with van der Waals surface area (Å²) in [6.45, 7) is 4.41. The van der Waals surface area contributed by atoms with E-state index in [4.69, 9.17) is 21.7 Å². The van der Waals surface area contributed by atoms with Crippen LogP contribution in [0.15, 0.2) is 60.8 Å². The Morgan fingerprint density at radius 3 is 2.35 bits per heavy atom. The van der Waals surface area contributed by atoms with E-state index < -0.39 is 5.91 Å². The van der Waals surface area contributed by atoms with Crippen LogP contribution in [0, 0.1) is 12.3 Å². The molecule has 2 heterocycles. The minimum Gasteiger partial charge on any atom is -0.378 e. The summed E-state index contributed by atoms with van der Waals surface area (Å²) < 4.78 is 5.34. The maximum absolute atomic E-state index is 12.9. The number of ether oxygens (including phenoxy) is 1. The van der Waals surface area contributed by atoms with Gasteiger partial charge < -0.3 is 20.3 Å². The van der Waals surface area contributed by atoms with E-state index in [-0.39, 0.29) is 5.91 Å². The maximum Gasteiger partial charge on any atom is 0.258 e. The van der Waals surface area contributed by atoms with Crippen molar-refractivity contribution >= 4 is 40.8 Å². The van der Waals surface area contributed by atoms with Crippen molar-refractivity contribution in [1.29, 1.82) is 5.41 Å². The van der Waals surface area contributed by atoms with Crippen LogP contribution in [0.1, 0.15) is 31.8 Å². The van der Waals surface area contributed by atoms with Crippen LogP contribution in [0.4, 0.5) is 11.5 Å². The van der Waals surface area contributed by atoms with Crippen LogP contribution in [-0.2, 0) is 4.74 Å². The molecule has 1 fully saturated rings. The number of carbonyl (C=O) groups excluding carboxylic acids is 2. The summed E-state index contributed by atoms with van der Waals surface area (Å²) in [4.78, 5) is 31.8. The van der Waals surface area contributed by atoms with Crippen LogP contribution >= 0.6 is 11.6 Å². The van der Waals surface area contributed by atoms with E-state index in [2.05, 4.69) is 15.6 Å². The Hall–Kier alpha value is -3.75. The molecule has 1 aromatic heterocycles. The first-order valence-electron chi connectivity index (χ1n) is 10.8. The van der Waals surface area contributed by atoms with Gasteiger partial charge in [-0.3, -0.25) is 15.0 Å². The minimum absolute atomic E-state index is 0.316. The van der Waals surface area contributed by atoms with Crippen molar-refractivity contribution in [2.24, 2.45) is 0 Å². The molecule has 0 aliphatic carbocycles. The van der Waals surface area contributed by atoms with Crippen LogP contribution in [0.2, 0.25) is 5.02 Å². The van der Waals surface area contributed by atoms with E-state index >= 15 is 0 Å². The van der Waals surface area contributed by atoms with Gasteiger partial charge in [-0.25, -0.2) is 4.98 Å². The zero-order chi connectivity index (χ0) is 24.1. The number of aromatic nitrogens is 1. The molecule has 1 aliphatic rings. The second kappa shape index (κ2) is 10.5. The molecule has 1 aliphatic heterocycles. The fourth-order valence-electron chi connectivity index (χ4n) is 3.53. The summed E-state index contributed by atoms with van der Waals surface area (Å²) in [6, 6.07) is 15.3. The Balaban J connectivity index is 1.47. The Morgan fingerprint density at radius 1 is 0.971 bits per heavy atom. The third-order valence-corrected chi connectivity index (χ3v) is 5.61. The molecule has 4 rings (SSSR count). The summed E-state index contributed by atoms with van der Waals surface area (Å²) >= 11 is 5.85. The molecule has 34 heavy (non-hydrogen) atoms. The average Bonchev–Trinajstić information content (AvgIpc) is 2.86. The van der Waals surface area contributed by atoms with E-state index in [1.54, 1.807) is 48.5 Å². The van der Waals surface area contributed by atoms with Crippen LogP contribution in [0.3, 0.4) is 0 Å². The number of nitrogens with one attached hydrogen (secondary N) is 3. The summed E-state index contributed by atoms with van der Waals surface area (Å²) in [5.41, 5.74) is 2.72. The second-order valence-electron chi connectivity index (χ2n) is 7.84. The molecule has 0 bridgehead atoms. The van der Waals surface area contributed by atoms with E-state index in [0.29, 0.717) is 59.8 Å². The molecule has 1 saturated heterocycles. The molecule has 0 spiro atoms. The highest BCUT2D eigenvalue weighted by atomic mass is 35.5. The van der Waals surface area contributed by atoms with Gasteiger partial charge in [-0.2, -0.15) is 0 Å². The number of aryl methyl sites for hydroxylation is 1. The van der Waals surface area contributed by atoms with Crippen molar-refractivity contribution in [3.63, 3.8) is 0 Å². The third kappa shape index (κ3) is 5.59. The normalized spacial score (nSPS) is 13.3. The third-order valence-electron chi connectivity index (χ3n) is 5.38. The molecule has 8 nitrogen and oxygen atoms in total. The fraction of sp³-hybridized carbons (Fsp3) is 0.200. The van der Waals surface area contributed by atoms with Gasteiger partial charge in [0.15, 0.2) is 0 Å². The highest BCUT2D eigenvalue weighted by Crippen LogP contribution is 2.21. The Labute approximate surface area is 202 Å². The molecule has 174 valence electrons. The molecule has 0 atom stereocenters. The molecular weight excluding hydrogens is 454 g/mol. The van der Waals surface area contributed by atoms with Gasteiger partial charge in [-0.1, -0.05) is 35.4 Å². The van der Waals surface area contributed by atoms with Gasteiger partial charge in [0.2, 0.25) is 0 Å². The number of hydrogen-bond acceptors (Lipinski definition) is 5. The summed E-state index contributed by atoms with van der Waals surface area (Å²) in [6.07, 6.45) is 1.44. The lowest BCUT2D eigenvalue weighted by Gasteiger charge is -2.29. The SMILES string of the molecule is Cc1ccc(NC(=O)c2ccc(C(=N)N3CCOCC3)cc2)c(C(=O)Nc2ccc(Cl)cn2)c1. The van der Waals surface area contributed by atoms with Crippen molar-refractivity contribution in [1.82, 2.24) is 9.88 Å². The fourth-order valence-corrected chi connectivity index (χ4v) is 3.64. The number of benzene rings is 2. The standard InChI is InChI=1S/C25H24ClN5O3/c1-16-2-8-21(20(14-16)25(33)30-22-9-7-19(26)15-28-22)29-24(32)18-5-3-17(4-6-18)23(27)31-10-12-34-13-11-31/h2-9,14-15,27H,10-13H2,1H3,(H,29,32)(H,28,30,33). The molecule has 3 aromatic rings. The predicted molar refractivity (Wildman–Crippen MR) is 132 cm³/mol. The number of nitrogens with zero attached hydrogens (tertiary/aromatic N) is 2. The van der Waals surface area contributed by atoms with Crippen molar-refractivity contribution < 1.29 is 14.3 Å². The topological polar surface area (TPSA) is 107 Å². The maximum atomic E-state index is 12.9. The van der Waals surface area contributed by atoms with Gasteiger partial charge in [-0.15, -0.1) is 0 Å². The molecule has 3 N–H and O–H groups in total. The highest BCUT2D eigenvalue weighted by Gasteiger charge is 2.18. The monoisotopic (exact) mass is 477 g/mol. The number of halogens is 1. The number of carbonyl (C=O) groups is 2. The number of morpholine rings is 1. The van der Waals surface area contributed by atoms with Crippen LogP contribution in [0.25, 0.3) is 0 Å². The Kier molecular flexibility index (Phi) is 7.20. The van der Waals surface area contributed by atoms with Gasteiger partial charge in [0.1, 0.15) is 11.7 Å². The average molecular weight is 478 g/mol. The lowest BCUT2D eigenvalue weighted by Crippen LogP contribution is -2.40. The Morgan fingerprint density at radius 2 is 1.68 bits per heavy atom. The van der Waals surface area contributed by atoms with Crippen molar-refractivity contribution in [2.75, 3.05) is 36.9 Å². The molecule has 9 heteroatoms. The van der Waals surface area contributed by atoms with Crippen molar-refractivity contribution in [3.05, 3.63) is 88.1 Å². The number of hydrogen-bond donors (Lipinski definition) is 3. The lowest BCUT2D eigenvalue weighted by atomic mass is 10.1. The van der Waals surface area contributed by atoms with Crippen LogP contribution in [-0.4, -0.2) is 53.8 Å². The predicted octanol–water partition coefficient (Wildman–Crippen LogP) is 4.21. The first-order chi connectivity index (χ1) is 16.4. The second-order valence-corrected chi connectivity index (χ2v) is 8.28. The summed E-state index contributed by atoms with van der Waals surface area (Å²) in [7, 11) is 0. The van der Waals surface area contributed by atoms with E-state index in [9.17, 15) is 9.59 Å². The number of rotatable bonds is 5. The Bertz CT molecular complexity index is 1210. The summed E-state index contributed by atoms with van der Waals surface area (Å²) in [5, 5.41) is 14.4. The number of anilines is 2. The first kappa shape index (κ1) is 23.4. The molecule has 0 saturated carbocycles. The zero-order valence-electron chi connectivity index (χ0n) is 18.6. The van der Waals surface area contributed by atoms with E-state index in [1.807, 2.05) is 17.9 Å². The van der Waals surface area contributed by atoms with Crippen molar-refractivity contribution in [3.8, 4) is 0 Å². The highest BCUT2D eigenvalue weighted by molar-refractivity contribution is 6.30. The van der Waals surface area contributed by atoms with E-state index in [0.717, 1.165) is 11.1 Å². The van der Waals surface area contributed by atoms with E-state index in [1.165, 1.54) is 6.20 Å². The molecular formula is C25H24ClN5O3. The summed E-state index contributed by atoms with van der Waals surface area (Å²) in [5.74, 6) is 0.00477. The lowest BCUT2D eigenvalue weighted by molar-refractivity contribution is 0.0680. The number of pyridine rings is 1. The molecule has 0 radical (unpaired) electrons. The molecule has 2 aromatic carbocycles. The molecule has 0 unspecified atom stereocenters. The smallest absolute Gasteiger partial charge is 0.258 e. The number of amides is 2. The van der Waals surface area contributed by atoms with Crippen LogP contribution < -0.4 is 10.6 Å². The van der Waals surface area contributed by atoms with Crippen molar-refractivity contribution in [2.45, 2.75) is 6.92 Å². The van der Waals surface area contributed by atoms with Gasteiger partial charge in [0.05, 0.1) is 29.5 Å². The van der Waals surface area contributed by atoms with Gasteiger partial charge >= 0.3 is 0 Å². The van der Waals surface area contributed by atoms with Crippen LogP contribution in [0.5, 0.6) is 0 Å². The quantitative estimate of drug-likeness (QED) is 0.377. The zero-order valence-corrected chi connectivity index (χ0v) is 19.4. The van der Waals surface area contributed by atoms with Gasteiger partial charge in [0.25, 0.3) is 11.8 Å². The largest absolute Gasteiger partial charge is 0.378 e. The number of amidine groups is 1. The molecule has 2 amide bonds. The van der Waals surface area contributed by atoms with Gasteiger partial charge in [-0.05, 0) is 43.3 Å². The minimum atomic E-state index is -0.400. The van der Waals surface area contributed by atoms with Gasteiger partial charge in [0, 0.05) is 30.4 Å².